The summed E-state index contributed by atoms with van der Waals surface area (Å²) in [6.45, 7) is 2.12. The minimum Gasteiger partial charge on any atom is -0.127 e. The van der Waals surface area contributed by atoms with Gasteiger partial charge in [0.15, 0.2) is 0 Å². The van der Waals surface area contributed by atoms with E-state index in [4.69, 9.17) is 11.6 Å². The Morgan fingerprint density at radius 2 is 1.92 bits per heavy atom. The fourth-order valence-corrected chi connectivity index (χ4v) is 1.16. The van der Waals surface area contributed by atoms with Gasteiger partial charge in [0.1, 0.15) is 0 Å². The maximum absolute atomic E-state index is 5.56. The van der Waals surface area contributed by atoms with Crippen LogP contribution in [0.2, 0.25) is 0 Å². The van der Waals surface area contributed by atoms with Gasteiger partial charge in [-0.15, -0.1) is 11.6 Å². The molecule has 0 N–H and O–H groups in total. The van der Waals surface area contributed by atoms with E-state index in [1.165, 1.54) is 19.3 Å². The summed E-state index contributed by atoms with van der Waals surface area (Å²) in [5.74, 6) is 6.94. The van der Waals surface area contributed by atoms with E-state index >= 15 is 0 Å². The van der Waals surface area contributed by atoms with E-state index in [0.29, 0.717) is 0 Å². The lowest BCUT2D eigenvalue weighted by atomic mass is 10.1. The van der Waals surface area contributed by atoms with Crippen molar-refractivity contribution in [2.24, 2.45) is 0 Å². The second-order valence-electron chi connectivity index (χ2n) is 2.98. The van der Waals surface area contributed by atoms with Gasteiger partial charge < -0.3 is 0 Å². The van der Waals surface area contributed by atoms with Crippen LogP contribution in [0.4, 0.5) is 0 Å². The van der Waals surface area contributed by atoms with Gasteiger partial charge in [0, 0.05) is 12.3 Å². The molecule has 0 unspecified atom stereocenters. The Balaban J connectivity index is 3.13. The maximum atomic E-state index is 5.56. The number of alkyl halides is 1. The summed E-state index contributed by atoms with van der Waals surface area (Å²) in [4.78, 5) is 0. The summed E-state index contributed by atoms with van der Waals surface area (Å²) < 4.78 is 0. The van der Waals surface area contributed by atoms with Crippen molar-refractivity contribution in [2.75, 3.05) is 5.88 Å². The van der Waals surface area contributed by atoms with E-state index in [1.54, 1.807) is 0 Å². The van der Waals surface area contributed by atoms with Crippen molar-refractivity contribution >= 4 is 11.6 Å². The molecule has 0 aliphatic heterocycles. The van der Waals surface area contributed by atoms with Crippen molar-refractivity contribution in [1.82, 2.24) is 0 Å². The standard InChI is InChI=1S/C12H19Cl/c1-2-3-4-5-6-7-8-9-10-11-12-13/h3-4H,2,7-12H2,1H3/b4-3-. The predicted octanol–water partition coefficient (Wildman–Crippen LogP) is 4.15. The molecule has 0 nitrogen and oxygen atoms in total. The SMILES string of the molecule is CC/C=C\C#CCCCCCCCl. The van der Waals surface area contributed by atoms with Gasteiger partial charge in [-0.3, -0.25) is 0 Å². The Kier molecular flexibility index (Phi) is 11.2. The van der Waals surface area contributed by atoms with Crippen LogP contribution < -0.4 is 0 Å². The number of hydrogen-bond donors (Lipinski definition) is 0. The number of allylic oxidation sites excluding steroid dienone is 2. The van der Waals surface area contributed by atoms with Gasteiger partial charge in [0.25, 0.3) is 0 Å². The second-order valence-corrected chi connectivity index (χ2v) is 3.36. The highest BCUT2D eigenvalue weighted by Crippen LogP contribution is 2.02. The lowest BCUT2D eigenvalue weighted by Gasteiger charge is -1.93. The number of halogens is 1. The zero-order chi connectivity index (χ0) is 9.78. The van der Waals surface area contributed by atoms with Crippen LogP contribution in [0.5, 0.6) is 0 Å². The molecule has 0 aliphatic carbocycles. The van der Waals surface area contributed by atoms with Crippen LogP contribution in [0.1, 0.15) is 45.4 Å². The van der Waals surface area contributed by atoms with Crippen LogP contribution in [0.15, 0.2) is 12.2 Å². The molecule has 0 bridgehead atoms. The molecule has 0 spiro atoms. The van der Waals surface area contributed by atoms with E-state index in [1.807, 2.05) is 6.08 Å². The second kappa shape index (κ2) is 11.6. The number of hydrogen-bond acceptors (Lipinski definition) is 0. The van der Waals surface area contributed by atoms with E-state index in [-0.39, 0.29) is 0 Å². The number of rotatable bonds is 6. The summed E-state index contributed by atoms with van der Waals surface area (Å²) >= 11 is 5.56. The summed E-state index contributed by atoms with van der Waals surface area (Å²) in [6, 6.07) is 0. The molecular formula is C12H19Cl. The number of unbranched alkanes of at least 4 members (excludes halogenated alkanes) is 4. The molecule has 74 valence electrons. The first kappa shape index (κ1) is 12.6. The van der Waals surface area contributed by atoms with Crippen molar-refractivity contribution in [1.29, 1.82) is 0 Å². The molecule has 0 atom stereocenters. The van der Waals surface area contributed by atoms with Gasteiger partial charge in [0.05, 0.1) is 0 Å². The summed E-state index contributed by atoms with van der Waals surface area (Å²) in [6.07, 6.45) is 11.0. The third-order valence-electron chi connectivity index (χ3n) is 1.72. The van der Waals surface area contributed by atoms with E-state index < -0.39 is 0 Å². The van der Waals surface area contributed by atoms with Crippen LogP contribution in [-0.2, 0) is 0 Å². The minimum absolute atomic E-state index is 0.797. The van der Waals surface area contributed by atoms with Crippen LogP contribution in [0.25, 0.3) is 0 Å². The lowest BCUT2D eigenvalue weighted by Crippen LogP contribution is -1.77. The van der Waals surface area contributed by atoms with Crippen molar-refractivity contribution < 1.29 is 0 Å². The highest BCUT2D eigenvalue weighted by Gasteiger charge is 1.86. The van der Waals surface area contributed by atoms with Crippen molar-refractivity contribution in [2.45, 2.75) is 45.4 Å². The zero-order valence-electron chi connectivity index (χ0n) is 8.48. The van der Waals surface area contributed by atoms with Gasteiger partial charge in [-0.1, -0.05) is 37.7 Å². The van der Waals surface area contributed by atoms with Crippen LogP contribution >= 0.6 is 11.6 Å². The first-order valence-corrected chi connectivity index (χ1v) is 5.64. The zero-order valence-corrected chi connectivity index (χ0v) is 9.24. The molecule has 0 amide bonds. The highest BCUT2D eigenvalue weighted by atomic mass is 35.5. The van der Waals surface area contributed by atoms with Crippen molar-refractivity contribution in [3.8, 4) is 11.8 Å². The van der Waals surface area contributed by atoms with Gasteiger partial charge in [-0.2, -0.15) is 0 Å². The quantitative estimate of drug-likeness (QED) is 0.342. The van der Waals surface area contributed by atoms with Gasteiger partial charge in [-0.05, 0) is 25.3 Å². The smallest absolute Gasteiger partial charge is 0.0223 e. The fourth-order valence-electron chi connectivity index (χ4n) is 0.969. The molecule has 0 saturated heterocycles. The van der Waals surface area contributed by atoms with Crippen LogP contribution in [-0.4, -0.2) is 5.88 Å². The molecule has 0 fully saturated rings. The van der Waals surface area contributed by atoms with Crippen LogP contribution in [0, 0.1) is 11.8 Å². The van der Waals surface area contributed by atoms with Crippen molar-refractivity contribution in [3.05, 3.63) is 12.2 Å². The fraction of sp³-hybridized carbons (Fsp3) is 0.667. The molecule has 13 heavy (non-hydrogen) atoms. The lowest BCUT2D eigenvalue weighted by molar-refractivity contribution is 0.682. The topological polar surface area (TPSA) is 0 Å². The molecule has 0 saturated carbocycles. The highest BCUT2D eigenvalue weighted by molar-refractivity contribution is 6.17. The van der Waals surface area contributed by atoms with Gasteiger partial charge in [0.2, 0.25) is 0 Å². The molecule has 0 aromatic carbocycles. The molecule has 0 aromatic rings. The first-order valence-electron chi connectivity index (χ1n) is 5.11. The molecule has 0 radical (unpaired) electrons. The Morgan fingerprint density at radius 1 is 1.15 bits per heavy atom. The summed E-state index contributed by atoms with van der Waals surface area (Å²) in [5.41, 5.74) is 0. The third-order valence-corrected chi connectivity index (χ3v) is 1.99. The van der Waals surface area contributed by atoms with E-state index in [9.17, 15) is 0 Å². The Morgan fingerprint density at radius 3 is 2.62 bits per heavy atom. The molecule has 0 heterocycles. The molecular weight excluding hydrogens is 180 g/mol. The van der Waals surface area contributed by atoms with Crippen molar-refractivity contribution in [3.63, 3.8) is 0 Å². The molecule has 0 aromatic heterocycles. The largest absolute Gasteiger partial charge is 0.127 e. The Labute approximate surface area is 87.4 Å². The Bertz CT molecular complexity index is 171. The monoisotopic (exact) mass is 198 g/mol. The minimum atomic E-state index is 0.797. The first-order chi connectivity index (χ1) is 6.41. The summed E-state index contributed by atoms with van der Waals surface area (Å²) in [7, 11) is 0. The molecule has 0 rings (SSSR count). The van der Waals surface area contributed by atoms with Gasteiger partial charge in [-0.25, -0.2) is 0 Å². The normalized spacial score (nSPS) is 10.0. The van der Waals surface area contributed by atoms with Crippen LogP contribution in [0.3, 0.4) is 0 Å². The van der Waals surface area contributed by atoms with E-state index in [2.05, 4.69) is 24.8 Å². The van der Waals surface area contributed by atoms with E-state index in [0.717, 1.165) is 25.1 Å². The maximum Gasteiger partial charge on any atom is 0.0223 e. The van der Waals surface area contributed by atoms with Gasteiger partial charge >= 0.3 is 0 Å². The average molecular weight is 199 g/mol. The predicted molar refractivity (Wildman–Crippen MR) is 61.0 cm³/mol. The summed E-state index contributed by atoms with van der Waals surface area (Å²) in [5, 5.41) is 0. The molecule has 1 heteroatoms. The average Bonchev–Trinajstić information content (AvgIpc) is 2.16. The Hall–Kier alpha value is -0.410. The molecule has 0 aliphatic rings. The third kappa shape index (κ3) is 11.6.